The average Bonchev–Trinajstić information content (AvgIpc) is 3.18. The van der Waals surface area contributed by atoms with Crippen molar-refractivity contribution in [3.05, 3.63) is 148 Å². The zero-order valence-corrected chi connectivity index (χ0v) is 29.9. The molecule has 0 saturated carbocycles. The molecule has 1 atom stereocenters. The van der Waals surface area contributed by atoms with E-state index in [0.717, 1.165) is 98.4 Å². The molecule has 8 rings (SSSR count). The molecule has 51 heavy (non-hydrogen) atoms. The number of rotatable bonds is 9. The van der Waals surface area contributed by atoms with Gasteiger partial charge in [-0.15, -0.1) is 0 Å². The molecular weight excluding hydrogens is 675 g/mol. The molecule has 0 aliphatic carbocycles. The number of piperazine rings is 2. The van der Waals surface area contributed by atoms with Crippen LogP contribution in [0.15, 0.2) is 122 Å². The summed E-state index contributed by atoms with van der Waals surface area (Å²) in [5, 5.41) is 6.18. The van der Waals surface area contributed by atoms with Crippen molar-refractivity contribution in [3.8, 4) is 0 Å². The van der Waals surface area contributed by atoms with Gasteiger partial charge in [-0.25, -0.2) is 4.98 Å². The van der Waals surface area contributed by atoms with Crippen LogP contribution in [-0.2, 0) is 6.54 Å². The van der Waals surface area contributed by atoms with E-state index in [1.54, 1.807) is 0 Å². The van der Waals surface area contributed by atoms with E-state index in [4.69, 9.17) is 28.2 Å². The molecule has 8 nitrogen and oxygen atoms in total. The van der Waals surface area contributed by atoms with Gasteiger partial charge in [-0.3, -0.25) is 9.88 Å². The predicted octanol–water partition coefficient (Wildman–Crippen LogP) is 8.18. The van der Waals surface area contributed by atoms with Gasteiger partial charge in [0.05, 0.1) is 11.6 Å². The van der Waals surface area contributed by atoms with E-state index in [0.29, 0.717) is 10.0 Å². The van der Waals surface area contributed by atoms with Crippen LogP contribution in [0.3, 0.4) is 0 Å². The van der Waals surface area contributed by atoms with Crippen molar-refractivity contribution in [2.75, 3.05) is 72.4 Å². The van der Waals surface area contributed by atoms with Gasteiger partial charge in [-0.05, 0) is 71.3 Å². The van der Waals surface area contributed by atoms with Crippen LogP contribution in [0.1, 0.15) is 22.7 Å². The van der Waals surface area contributed by atoms with Crippen molar-refractivity contribution in [2.45, 2.75) is 12.6 Å². The molecule has 4 aromatic carbocycles. The van der Waals surface area contributed by atoms with Crippen LogP contribution in [-0.4, -0.2) is 72.2 Å². The molecule has 258 valence electrons. The molecule has 1 unspecified atom stereocenters. The minimum absolute atomic E-state index is 0.104. The average molecular weight is 716 g/mol. The summed E-state index contributed by atoms with van der Waals surface area (Å²) in [6.45, 7) is 8.47. The Kier molecular flexibility index (Phi) is 9.88. The van der Waals surface area contributed by atoms with Crippen LogP contribution < -0.4 is 20.0 Å². The lowest BCUT2D eigenvalue weighted by Crippen LogP contribution is -2.48. The molecular formula is C41H40Cl2N8. The Bertz CT molecular complexity index is 2080. The van der Waals surface area contributed by atoms with Gasteiger partial charge in [-0.1, -0.05) is 77.8 Å². The third kappa shape index (κ3) is 7.73. The summed E-state index contributed by atoms with van der Waals surface area (Å²) >= 11 is 12.7. The molecule has 2 saturated heterocycles. The molecule has 1 N–H and O–H groups in total. The maximum absolute atomic E-state index is 6.47. The van der Waals surface area contributed by atoms with Crippen LogP contribution in [0.25, 0.3) is 10.9 Å². The zero-order valence-electron chi connectivity index (χ0n) is 28.4. The first-order valence-electron chi connectivity index (χ1n) is 17.6. The predicted molar refractivity (Wildman–Crippen MR) is 211 cm³/mol. The van der Waals surface area contributed by atoms with E-state index in [1.807, 2.05) is 60.9 Å². The number of fused-ring (bicyclic) bond motifs is 1. The first kappa shape index (κ1) is 33.3. The van der Waals surface area contributed by atoms with Crippen molar-refractivity contribution >= 4 is 57.2 Å². The smallest absolute Gasteiger partial charge is 0.227 e. The number of pyridine rings is 1. The molecule has 0 bridgehead atoms. The van der Waals surface area contributed by atoms with E-state index >= 15 is 0 Å². The fourth-order valence-electron chi connectivity index (χ4n) is 7.13. The molecule has 2 aliphatic heterocycles. The fourth-order valence-corrected chi connectivity index (χ4v) is 7.49. The lowest BCUT2D eigenvalue weighted by molar-refractivity contribution is 0.249. The van der Waals surface area contributed by atoms with Crippen molar-refractivity contribution in [3.63, 3.8) is 0 Å². The molecule has 2 fully saturated rings. The minimum atomic E-state index is -0.104. The van der Waals surface area contributed by atoms with E-state index in [-0.39, 0.29) is 6.04 Å². The van der Waals surface area contributed by atoms with Crippen molar-refractivity contribution in [1.82, 2.24) is 19.9 Å². The maximum Gasteiger partial charge on any atom is 0.227 e. The van der Waals surface area contributed by atoms with Gasteiger partial charge in [-0.2, -0.15) is 4.98 Å². The van der Waals surface area contributed by atoms with Gasteiger partial charge in [0.15, 0.2) is 0 Å². The second-order valence-corrected chi connectivity index (χ2v) is 14.1. The maximum atomic E-state index is 6.47. The minimum Gasteiger partial charge on any atom is -0.374 e. The molecule has 2 aromatic heterocycles. The van der Waals surface area contributed by atoms with E-state index in [1.165, 1.54) is 11.3 Å². The Hall–Kier alpha value is -4.89. The van der Waals surface area contributed by atoms with Crippen molar-refractivity contribution in [1.29, 1.82) is 0 Å². The fraction of sp³-hybridized carbons (Fsp3) is 0.244. The zero-order chi connectivity index (χ0) is 34.6. The Morgan fingerprint density at radius 1 is 0.608 bits per heavy atom. The van der Waals surface area contributed by atoms with Crippen LogP contribution in [0.4, 0.5) is 23.1 Å². The molecule has 0 radical (unpaired) electrons. The Balaban J connectivity index is 0.901. The Morgan fingerprint density at radius 2 is 1.33 bits per heavy atom. The molecule has 0 spiro atoms. The first-order valence-corrected chi connectivity index (χ1v) is 18.3. The van der Waals surface area contributed by atoms with Crippen molar-refractivity contribution < 1.29 is 0 Å². The summed E-state index contributed by atoms with van der Waals surface area (Å²) < 4.78 is 0. The molecule has 0 amide bonds. The highest BCUT2D eigenvalue weighted by Crippen LogP contribution is 2.33. The molecule has 2 aliphatic rings. The third-order valence-electron chi connectivity index (χ3n) is 9.91. The highest BCUT2D eigenvalue weighted by atomic mass is 35.5. The summed E-state index contributed by atoms with van der Waals surface area (Å²) in [5.74, 6) is 1.84. The number of para-hydroxylation sites is 1. The van der Waals surface area contributed by atoms with Gasteiger partial charge in [0.25, 0.3) is 0 Å². The van der Waals surface area contributed by atoms with E-state index < -0.39 is 0 Å². The molecule has 10 heteroatoms. The lowest BCUT2D eigenvalue weighted by atomic mass is 9.97. The van der Waals surface area contributed by atoms with Crippen LogP contribution in [0.5, 0.6) is 0 Å². The van der Waals surface area contributed by atoms with Crippen LogP contribution in [0.2, 0.25) is 10.0 Å². The van der Waals surface area contributed by atoms with Gasteiger partial charge in [0, 0.05) is 98.1 Å². The molecule has 4 heterocycles. The monoisotopic (exact) mass is 714 g/mol. The number of nitrogens with zero attached hydrogens (tertiary/aromatic N) is 7. The number of hydrogen-bond acceptors (Lipinski definition) is 8. The summed E-state index contributed by atoms with van der Waals surface area (Å²) in [4.78, 5) is 23.9. The van der Waals surface area contributed by atoms with Gasteiger partial charge < -0.3 is 20.0 Å². The summed E-state index contributed by atoms with van der Waals surface area (Å²) in [6.07, 6.45) is 3.73. The quantitative estimate of drug-likeness (QED) is 0.161. The first-order chi connectivity index (χ1) is 25.1. The summed E-state index contributed by atoms with van der Waals surface area (Å²) in [6, 6.07) is 37.4. The normalized spacial score (nSPS) is 16.0. The molecule has 6 aromatic rings. The number of aromatic nitrogens is 3. The largest absolute Gasteiger partial charge is 0.374 e. The van der Waals surface area contributed by atoms with E-state index in [2.05, 4.69) is 95.5 Å². The van der Waals surface area contributed by atoms with Gasteiger partial charge in [0.1, 0.15) is 5.82 Å². The number of halogens is 2. The van der Waals surface area contributed by atoms with Crippen LogP contribution in [0, 0.1) is 0 Å². The van der Waals surface area contributed by atoms with Gasteiger partial charge >= 0.3 is 0 Å². The topological polar surface area (TPSA) is 63.7 Å². The lowest BCUT2D eigenvalue weighted by Gasteiger charge is -2.37. The van der Waals surface area contributed by atoms with Gasteiger partial charge in [0.2, 0.25) is 5.95 Å². The second-order valence-electron chi connectivity index (χ2n) is 13.2. The highest BCUT2D eigenvalue weighted by Gasteiger charge is 2.23. The third-order valence-corrected chi connectivity index (χ3v) is 10.4. The van der Waals surface area contributed by atoms with Crippen LogP contribution >= 0.6 is 23.2 Å². The SMILES string of the molecule is Clc1cccc(C(Nc2ccnc3cc(Cl)ccc23)c2ccc(CN3CCN(c4ccnc(N5CCN(c6ccccc6)CC5)n4)CC3)cc2)c1. The summed E-state index contributed by atoms with van der Waals surface area (Å²) in [7, 11) is 0. The van der Waals surface area contributed by atoms with E-state index in [9.17, 15) is 0 Å². The highest BCUT2D eigenvalue weighted by molar-refractivity contribution is 6.31. The number of hydrogen-bond donors (Lipinski definition) is 1. The number of nitrogens with one attached hydrogen (secondary N) is 1. The Morgan fingerprint density at radius 3 is 2.12 bits per heavy atom. The number of anilines is 4. The summed E-state index contributed by atoms with van der Waals surface area (Å²) in [5.41, 5.74) is 6.66. The second kappa shape index (κ2) is 15.2. The Labute approximate surface area is 309 Å². The van der Waals surface area contributed by atoms with Crippen molar-refractivity contribution in [2.24, 2.45) is 0 Å². The number of benzene rings is 4. The standard InChI is InChI=1S/C41H40Cl2N8/c42-33-6-4-5-32(27-33)40(46-37-15-17-44-38-28-34(43)13-14-36(37)38)31-11-9-30(10-12-31)29-48-19-21-50(22-20-48)39-16-18-45-41(47-39)51-25-23-49(24-26-51)35-7-2-1-3-8-35/h1-18,27-28,40H,19-26,29H2,(H,44,46).